The molecule has 1 aromatic carbocycles. The fraction of sp³-hybridized carbons (Fsp3) is 0.350. The largest absolute Gasteiger partial charge is 0.372 e. The van der Waals surface area contributed by atoms with Crippen molar-refractivity contribution in [2.75, 3.05) is 5.73 Å². The lowest BCUT2D eigenvalue weighted by Crippen LogP contribution is -2.55. The van der Waals surface area contributed by atoms with Crippen molar-refractivity contribution in [2.24, 2.45) is 0 Å². The van der Waals surface area contributed by atoms with Gasteiger partial charge in [-0.3, -0.25) is 14.4 Å². The summed E-state index contributed by atoms with van der Waals surface area (Å²) in [7, 11) is 0. The summed E-state index contributed by atoms with van der Waals surface area (Å²) in [5, 5.41) is 14.7. The Morgan fingerprint density at radius 2 is 2.03 bits per heavy atom. The molecule has 2 aliphatic heterocycles. The Bertz CT molecular complexity index is 1080. The summed E-state index contributed by atoms with van der Waals surface area (Å²) >= 11 is 0. The molecular weight excluding hydrogens is 426 g/mol. The molecular formula is C20H20F2N6O4. The number of piperidine rings is 1. The summed E-state index contributed by atoms with van der Waals surface area (Å²) in [6.07, 6.45) is 0.957. The lowest BCUT2D eigenvalue weighted by molar-refractivity contribution is -0.147. The van der Waals surface area contributed by atoms with Gasteiger partial charge in [-0.2, -0.15) is 8.78 Å². The molecule has 0 saturated carbocycles. The molecule has 32 heavy (non-hydrogen) atoms. The van der Waals surface area contributed by atoms with E-state index in [0.29, 0.717) is 23.1 Å². The molecule has 0 radical (unpaired) electrons. The van der Waals surface area contributed by atoms with E-state index < -0.39 is 29.7 Å². The fourth-order valence-electron chi connectivity index (χ4n) is 3.80. The number of alkyl halides is 2. The molecule has 4 rings (SSSR count). The van der Waals surface area contributed by atoms with Crippen molar-refractivity contribution < 1.29 is 28.3 Å². The van der Waals surface area contributed by atoms with E-state index in [9.17, 15) is 28.3 Å². The second-order valence-electron chi connectivity index (χ2n) is 7.63. The van der Waals surface area contributed by atoms with Crippen LogP contribution in [0.4, 0.5) is 14.7 Å². The van der Waals surface area contributed by atoms with Crippen LogP contribution in [-0.4, -0.2) is 50.0 Å². The first-order valence-corrected chi connectivity index (χ1v) is 9.81. The summed E-state index contributed by atoms with van der Waals surface area (Å²) in [5.74, 6) is -6.12. The minimum atomic E-state index is -3.85. The Hall–Kier alpha value is -3.67. The molecule has 168 valence electrons. The van der Waals surface area contributed by atoms with E-state index >= 15 is 0 Å². The first kappa shape index (κ1) is 21.6. The highest BCUT2D eigenvalue weighted by molar-refractivity contribution is 5.98. The number of fused-ring (bicyclic) bond motifs is 1. The first-order chi connectivity index (χ1) is 15.2. The molecule has 10 nitrogen and oxygen atoms in total. The van der Waals surface area contributed by atoms with Gasteiger partial charge in [0, 0.05) is 37.5 Å². The minimum absolute atomic E-state index is 0.185. The number of hydrogen-bond donors (Lipinski definition) is 4. The molecule has 0 spiro atoms. The van der Waals surface area contributed by atoms with Crippen LogP contribution in [-0.2, 0) is 28.6 Å². The zero-order valence-electron chi connectivity index (χ0n) is 16.7. The number of aliphatic hydroxyl groups excluding tert-OH is 1. The molecule has 1 fully saturated rings. The van der Waals surface area contributed by atoms with Crippen LogP contribution in [0.1, 0.15) is 39.9 Å². The number of halogens is 2. The third kappa shape index (κ3) is 3.96. The number of amides is 3. The van der Waals surface area contributed by atoms with E-state index in [-0.39, 0.29) is 37.3 Å². The summed E-state index contributed by atoms with van der Waals surface area (Å²) in [4.78, 5) is 44.6. The maximum atomic E-state index is 14.3. The second-order valence-corrected chi connectivity index (χ2v) is 7.63. The highest BCUT2D eigenvalue weighted by Gasteiger charge is 2.42. The third-order valence-corrected chi connectivity index (χ3v) is 5.52. The summed E-state index contributed by atoms with van der Waals surface area (Å²) in [6.45, 7) is 0.0142. The maximum Gasteiger partial charge on any atom is 0.352 e. The van der Waals surface area contributed by atoms with Gasteiger partial charge < -0.3 is 26.4 Å². The van der Waals surface area contributed by atoms with Crippen molar-refractivity contribution in [1.29, 1.82) is 0 Å². The normalized spacial score (nSPS) is 20.7. The number of benzene rings is 1. The lowest BCUT2D eigenvalue weighted by Gasteiger charge is -2.35. The van der Waals surface area contributed by atoms with Gasteiger partial charge in [0.25, 0.3) is 11.8 Å². The zero-order chi connectivity index (χ0) is 23.0. The number of carbonyl (C=O) groups is 3. The molecule has 2 unspecified atom stereocenters. The van der Waals surface area contributed by atoms with Crippen LogP contribution in [0.15, 0.2) is 30.6 Å². The smallest absolute Gasteiger partial charge is 0.352 e. The van der Waals surface area contributed by atoms with E-state index in [1.165, 1.54) is 4.90 Å². The second kappa shape index (κ2) is 8.11. The number of nitrogen functional groups attached to an aromatic ring is 1. The number of aromatic nitrogens is 2. The highest BCUT2D eigenvalue weighted by atomic mass is 19.3. The number of carbonyl (C=O) groups excluding carboxylic acids is 3. The Morgan fingerprint density at radius 3 is 2.72 bits per heavy atom. The van der Waals surface area contributed by atoms with Gasteiger partial charge in [-0.25, -0.2) is 9.97 Å². The number of nitrogens with one attached hydrogen (secondary N) is 2. The van der Waals surface area contributed by atoms with Crippen molar-refractivity contribution in [1.82, 2.24) is 25.5 Å². The SMILES string of the molecule is Nc1ncc(C(F)(F)C(=O)NCc2ccc3c(c2)CN(C2CCC(=O)NC2O)C3=O)cn1. The third-order valence-electron chi connectivity index (χ3n) is 5.52. The maximum absolute atomic E-state index is 14.3. The molecule has 2 atom stereocenters. The number of nitrogens with two attached hydrogens (primary N) is 1. The van der Waals surface area contributed by atoms with Gasteiger partial charge in [-0.1, -0.05) is 12.1 Å². The number of anilines is 1. The van der Waals surface area contributed by atoms with Crippen LogP contribution >= 0.6 is 0 Å². The molecule has 0 aliphatic carbocycles. The minimum Gasteiger partial charge on any atom is -0.372 e. The topological polar surface area (TPSA) is 151 Å². The predicted molar refractivity (Wildman–Crippen MR) is 106 cm³/mol. The quantitative estimate of drug-likeness (QED) is 0.506. The summed E-state index contributed by atoms with van der Waals surface area (Å²) in [6, 6.07) is 4.20. The van der Waals surface area contributed by atoms with Gasteiger partial charge >= 0.3 is 5.92 Å². The molecule has 5 N–H and O–H groups in total. The number of aliphatic hydroxyl groups is 1. The van der Waals surface area contributed by atoms with Gasteiger partial charge in [-0.05, 0) is 23.6 Å². The Balaban J connectivity index is 1.42. The molecule has 0 bridgehead atoms. The molecule has 3 amide bonds. The average molecular weight is 446 g/mol. The number of hydrogen-bond acceptors (Lipinski definition) is 7. The van der Waals surface area contributed by atoms with Crippen molar-refractivity contribution in [2.45, 2.75) is 44.1 Å². The van der Waals surface area contributed by atoms with Crippen molar-refractivity contribution in [3.05, 3.63) is 52.8 Å². The Labute approximate surface area is 180 Å². The van der Waals surface area contributed by atoms with E-state index in [2.05, 4.69) is 20.6 Å². The molecule has 12 heteroatoms. The van der Waals surface area contributed by atoms with E-state index in [1.54, 1.807) is 18.2 Å². The van der Waals surface area contributed by atoms with Crippen molar-refractivity contribution in [3.63, 3.8) is 0 Å². The standard InChI is InChI=1S/C20H20F2N6O4/c21-20(22,12-7-25-19(23)26-8-12)18(32)24-6-10-1-2-13-11(5-10)9-28(17(13)31)14-3-4-15(29)27-16(14)30/h1-2,5,7-8,14,16,30H,3-4,6,9H2,(H,24,32)(H,27,29)(H2,23,25,26). The summed E-state index contributed by atoms with van der Waals surface area (Å²) < 4.78 is 28.7. The Morgan fingerprint density at radius 1 is 1.31 bits per heavy atom. The Kier molecular flexibility index (Phi) is 5.46. The van der Waals surface area contributed by atoms with Crippen molar-refractivity contribution in [3.8, 4) is 0 Å². The van der Waals surface area contributed by atoms with Crippen LogP contribution in [0.25, 0.3) is 0 Å². The monoisotopic (exact) mass is 446 g/mol. The molecule has 1 saturated heterocycles. The van der Waals surface area contributed by atoms with E-state index in [0.717, 1.165) is 12.4 Å². The molecule has 1 aromatic heterocycles. The van der Waals surface area contributed by atoms with Gasteiger partial charge in [0.2, 0.25) is 11.9 Å². The molecule has 2 aliphatic rings. The van der Waals surface area contributed by atoms with Crippen LogP contribution in [0, 0.1) is 0 Å². The first-order valence-electron chi connectivity index (χ1n) is 9.81. The van der Waals surface area contributed by atoms with Crippen LogP contribution in [0.2, 0.25) is 0 Å². The van der Waals surface area contributed by atoms with Crippen LogP contribution in [0.3, 0.4) is 0 Å². The fourth-order valence-corrected chi connectivity index (χ4v) is 3.80. The molecule has 2 aromatic rings. The number of rotatable bonds is 5. The van der Waals surface area contributed by atoms with E-state index in [1.807, 2.05) is 0 Å². The zero-order valence-corrected chi connectivity index (χ0v) is 16.7. The lowest BCUT2D eigenvalue weighted by atomic mass is 10.0. The van der Waals surface area contributed by atoms with Gasteiger partial charge in [-0.15, -0.1) is 0 Å². The van der Waals surface area contributed by atoms with Gasteiger partial charge in [0.1, 0.15) is 6.23 Å². The van der Waals surface area contributed by atoms with E-state index in [4.69, 9.17) is 5.73 Å². The molecule has 3 heterocycles. The average Bonchev–Trinajstić information content (AvgIpc) is 3.08. The van der Waals surface area contributed by atoms with Crippen LogP contribution < -0.4 is 16.4 Å². The van der Waals surface area contributed by atoms with Gasteiger partial charge in [0.05, 0.1) is 11.6 Å². The predicted octanol–water partition coefficient (Wildman–Crippen LogP) is 0.0198. The van der Waals surface area contributed by atoms with Crippen LogP contribution in [0.5, 0.6) is 0 Å². The summed E-state index contributed by atoms with van der Waals surface area (Å²) in [5.41, 5.74) is 6.19. The van der Waals surface area contributed by atoms with Gasteiger partial charge in [0.15, 0.2) is 0 Å². The number of nitrogens with zero attached hydrogens (tertiary/aromatic N) is 3. The van der Waals surface area contributed by atoms with Crippen molar-refractivity contribution >= 4 is 23.7 Å². The highest BCUT2D eigenvalue weighted by Crippen LogP contribution is 2.30.